The monoisotopic (exact) mass is 748 g/mol. The molecule has 1 aromatic heterocycles. The molecular formula is C39H45ClN4O9. The first-order valence-electron chi connectivity index (χ1n) is 17.4. The summed E-state index contributed by atoms with van der Waals surface area (Å²) in [5.74, 6) is -0.696. The zero-order valence-electron chi connectivity index (χ0n) is 30.6. The number of esters is 1. The van der Waals surface area contributed by atoms with E-state index in [0.29, 0.717) is 29.4 Å². The number of aliphatic hydroxyl groups is 1. The molecule has 3 aliphatic heterocycles. The fraction of sp³-hybridized carbons (Fsp3) is 0.436. The van der Waals surface area contributed by atoms with E-state index in [-0.39, 0.29) is 24.3 Å². The summed E-state index contributed by atoms with van der Waals surface area (Å²) in [7, 11) is 4.57. The normalized spacial score (nSPS) is 30.8. The molecule has 2 saturated heterocycles. The van der Waals surface area contributed by atoms with Crippen LogP contribution >= 0.6 is 11.6 Å². The minimum atomic E-state index is -1.57. The molecule has 4 heterocycles. The Hall–Kier alpha value is -4.69. The first-order valence-corrected chi connectivity index (χ1v) is 17.7. The lowest BCUT2D eigenvalue weighted by molar-refractivity contribution is -0.187. The largest absolute Gasteiger partial charge is 0.495 e. The average molecular weight is 749 g/mol. The van der Waals surface area contributed by atoms with Crippen LogP contribution in [0.2, 0.25) is 5.02 Å². The Bertz CT molecular complexity index is 1990. The first-order chi connectivity index (χ1) is 25.1. The molecule has 6 rings (SSSR count). The van der Waals surface area contributed by atoms with E-state index in [9.17, 15) is 19.5 Å². The summed E-state index contributed by atoms with van der Waals surface area (Å²) >= 11 is 6.77. The number of nitrogens with zero attached hydrogens (tertiary/aromatic N) is 2. The SMILES string of the molecule is COc1cc2cc(c1Cl)N(C)C(=O)C[C@H](OC(=O)Nc1ccc3cc(N)ncc3c1)[C@]1(C)O[C@H]1[C@H](C)[C@@H]1C[C@@](O)(CC(=O)O1)[C@H](OC)/C=C/C=C(\C)C2. The molecule has 2 aromatic carbocycles. The quantitative estimate of drug-likeness (QED) is 0.219. The lowest BCUT2D eigenvalue weighted by atomic mass is 9.78. The number of ether oxygens (including phenoxy) is 5. The van der Waals surface area contributed by atoms with Crippen molar-refractivity contribution in [1.29, 1.82) is 0 Å². The van der Waals surface area contributed by atoms with Crippen molar-refractivity contribution in [2.75, 3.05) is 37.2 Å². The summed E-state index contributed by atoms with van der Waals surface area (Å²) in [6.45, 7) is 5.53. The number of methoxy groups -OCH3 is 2. The molecule has 14 heteroatoms. The van der Waals surface area contributed by atoms with E-state index in [1.807, 2.05) is 26.0 Å². The van der Waals surface area contributed by atoms with Gasteiger partial charge in [-0.2, -0.15) is 0 Å². The molecule has 3 aliphatic rings. The highest BCUT2D eigenvalue weighted by Crippen LogP contribution is 2.50. The van der Waals surface area contributed by atoms with Crippen LogP contribution in [0.15, 0.2) is 66.4 Å². The lowest BCUT2D eigenvalue weighted by Crippen LogP contribution is -2.53. The van der Waals surface area contributed by atoms with Gasteiger partial charge in [-0.15, -0.1) is 0 Å². The second-order valence-corrected chi connectivity index (χ2v) is 14.7. The first kappa shape index (κ1) is 38.0. The fourth-order valence-electron chi connectivity index (χ4n) is 7.37. The molecule has 4 bridgehead atoms. The van der Waals surface area contributed by atoms with Crippen molar-refractivity contribution >= 4 is 57.5 Å². The number of amides is 2. The molecule has 282 valence electrons. The Morgan fingerprint density at radius 2 is 1.94 bits per heavy atom. The van der Waals surface area contributed by atoms with Crippen molar-refractivity contribution in [1.82, 2.24) is 4.98 Å². The number of nitrogens with two attached hydrogens (primary N) is 1. The predicted molar refractivity (Wildman–Crippen MR) is 200 cm³/mol. The van der Waals surface area contributed by atoms with Gasteiger partial charge in [0.1, 0.15) is 46.1 Å². The number of fused-ring (bicyclic) bond motifs is 6. The van der Waals surface area contributed by atoms with Crippen LogP contribution in [0, 0.1) is 5.92 Å². The molecule has 2 amide bonds. The van der Waals surface area contributed by atoms with E-state index in [2.05, 4.69) is 10.3 Å². The van der Waals surface area contributed by atoms with Gasteiger partial charge < -0.3 is 39.4 Å². The number of nitrogen functional groups attached to an aromatic ring is 1. The Kier molecular flexibility index (Phi) is 10.8. The van der Waals surface area contributed by atoms with Gasteiger partial charge in [-0.3, -0.25) is 14.9 Å². The van der Waals surface area contributed by atoms with Crippen molar-refractivity contribution in [2.45, 2.75) is 82.1 Å². The van der Waals surface area contributed by atoms with Gasteiger partial charge in [0.15, 0.2) is 0 Å². The third-order valence-corrected chi connectivity index (χ3v) is 10.8. The van der Waals surface area contributed by atoms with Crippen LogP contribution in [-0.4, -0.2) is 84.9 Å². The minimum Gasteiger partial charge on any atom is -0.495 e. The Morgan fingerprint density at radius 1 is 1.17 bits per heavy atom. The topological polar surface area (TPSA) is 175 Å². The van der Waals surface area contributed by atoms with E-state index >= 15 is 0 Å². The Labute approximate surface area is 313 Å². The highest BCUT2D eigenvalue weighted by Gasteiger charge is 2.64. The number of carbonyl (C=O) groups is 3. The van der Waals surface area contributed by atoms with Crippen molar-refractivity contribution in [3.05, 3.63) is 77.0 Å². The standard InChI is InChI=1S/C39H45ClN4O9/c1-21-8-7-9-30(50-6)39(48)18-29(51-34(46)19-39)22(2)36-38(3,53-36)31(17-33(45)44(4)27-13-23(12-21)14-28(49-5)35(27)40)52-37(47)43-26-11-10-24-16-32(41)42-20-25(24)15-26/h7-11,13-16,20,22,29-31,36,48H,12,17-19H2,1-6H3,(H2,41,42)(H,43,47)/b9-7+,21-8+/t22-,29+,30-,31+,36+,38+,39-/m1/s1. The lowest BCUT2D eigenvalue weighted by Gasteiger charge is -2.41. The molecule has 0 unspecified atom stereocenters. The molecule has 7 atom stereocenters. The van der Waals surface area contributed by atoms with Crippen LogP contribution in [0.25, 0.3) is 10.8 Å². The third-order valence-electron chi connectivity index (χ3n) is 10.4. The van der Waals surface area contributed by atoms with Gasteiger partial charge in [0, 0.05) is 43.8 Å². The Balaban J connectivity index is 1.36. The number of rotatable bonds is 4. The molecule has 0 radical (unpaired) electrons. The summed E-state index contributed by atoms with van der Waals surface area (Å²) < 4.78 is 29.4. The minimum absolute atomic E-state index is 0.0711. The van der Waals surface area contributed by atoms with Gasteiger partial charge in [0.25, 0.3) is 0 Å². The number of halogens is 1. The van der Waals surface area contributed by atoms with Gasteiger partial charge in [0.05, 0.1) is 31.7 Å². The number of nitrogens with one attached hydrogen (secondary N) is 1. The second kappa shape index (κ2) is 15.0. The average Bonchev–Trinajstić information content (AvgIpc) is 3.81. The molecule has 0 saturated carbocycles. The molecular weight excluding hydrogens is 704 g/mol. The highest BCUT2D eigenvalue weighted by atomic mass is 35.5. The second-order valence-electron chi connectivity index (χ2n) is 14.3. The number of anilines is 3. The molecule has 0 aliphatic carbocycles. The maximum Gasteiger partial charge on any atom is 0.412 e. The zero-order chi connectivity index (χ0) is 38.2. The van der Waals surface area contributed by atoms with Crippen LogP contribution in [0.5, 0.6) is 5.75 Å². The number of epoxide rings is 1. The number of benzene rings is 2. The maximum absolute atomic E-state index is 14.1. The predicted octanol–water partition coefficient (Wildman–Crippen LogP) is 5.75. The molecule has 2 fully saturated rings. The van der Waals surface area contributed by atoms with Crippen LogP contribution in [0.1, 0.15) is 45.6 Å². The Morgan fingerprint density at radius 3 is 2.68 bits per heavy atom. The van der Waals surface area contributed by atoms with Gasteiger partial charge in [-0.1, -0.05) is 48.4 Å². The number of aromatic nitrogens is 1. The van der Waals surface area contributed by atoms with Crippen LogP contribution in [-0.2, 0) is 35.0 Å². The molecule has 3 aromatic rings. The fourth-order valence-corrected chi connectivity index (χ4v) is 7.68. The summed E-state index contributed by atoms with van der Waals surface area (Å²) in [5.41, 5.74) is 5.71. The van der Waals surface area contributed by atoms with E-state index in [4.69, 9.17) is 41.0 Å². The zero-order valence-corrected chi connectivity index (χ0v) is 31.3. The van der Waals surface area contributed by atoms with E-state index in [0.717, 1.165) is 21.9 Å². The summed E-state index contributed by atoms with van der Waals surface area (Å²) in [5, 5.41) is 16.4. The summed E-state index contributed by atoms with van der Waals surface area (Å²) in [6, 6.07) is 10.6. The van der Waals surface area contributed by atoms with Crippen molar-refractivity contribution in [3.8, 4) is 5.75 Å². The molecule has 53 heavy (non-hydrogen) atoms. The maximum atomic E-state index is 14.1. The number of pyridine rings is 1. The van der Waals surface area contributed by atoms with Gasteiger partial charge in [-0.25, -0.2) is 9.78 Å². The molecule has 4 N–H and O–H groups in total. The van der Waals surface area contributed by atoms with Crippen molar-refractivity contribution in [2.24, 2.45) is 5.92 Å². The summed E-state index contributed by atoms with van der Waals surface area (Å²) in [4.78, 5) is 46.1. The van der Waals surface area contributed by atoms with Crippen LogP contribution < -0.4 is 20.7 Å². The van der Waals surface area contributed by atoms with Crippen LogP contribution in [0.4, 0.5) is 22.0 Å². The number of hydrogen-bond acceptors (Lipinski definition) is 11. The molecule has 13 nitrogen and oxygen atoms in total. The third kappa shape index (κ3) is 7.98. The smallest absolute Gasteiger partial charge is 0.412 e. The van der Waals surface area contributed by atoms with E-state index < -0.39 is 59.5 Å². The van der Waals surface area contributed by atoms with Crippen molar-refractivity contribution < 1.29 is 43.2 Å². The van der Waals surface area contributed by atoms with Gasteiger partial charge in [0.2, 0.25) is 5.91 Å². The van der Waals surface area contributed by atoms with Gasteiger partial charge in [-0.05, 0) is 61.5 Å². The van der Waals surface area contributed by atoms with E-state index in [1.54, 1.807) is 62.7 Å². The number of carbonyl (C=O) groups excluding carboxylic acids is 3. The molecule has 0 spiro atoms. The van der Waals surface area contributed by atoms with E-state index in [1.165, 1.54) is 19.1 Å². The van der Waals surface area contributed by atoms with Gasteiger partial charge >= 0.3 is 12.1 Å². The number of hydrogen-bond donors (Lipinski definition) is 3. The highest BCUT2D eigenvalue weighted by molar-refractivity contribution is 6.35. The van der Waals surface area contributed by atoms with Crippen LogP contribution in [0.3, 0.4) is 0 Å². The summed E-state index contributed by atoms with van der Waals surface area (Å²) in [6.07, 6.45) is 2.90. The number of allylic oxidation sites excluding steroid dienone is 3. The van der Waals surface area contributed by atoms with Crippen molar-refractivity contribution in [3.63, 3.8) is 0 Å².